The van der Waals surface area contributed by atoms with E-state index in [1.54, 1.807) is 12.1 Å². The Bertz CT molecular complexity index is 561. The molecule has 1 aromatic rings. The maximum absolute atomic E-state index is 11.8. The van der Waals surface area contributed by atoms with Gasteiger partial charge in [0.15, 0.2) is 0 Å². The third-order valence-corrected chi connectivity index (χ3v) is 3.88. The lowest BCUT2D eigenvalue weighted by Crippen LogP contribution is -2.42. The zero-order valence-corrected chi connectivity index (χ0v) is 14.7. The fraction of sp³-hybridized carbons (Fsp3) is 0.167. The number of urea groups is 1. The molecule has 1 unspecified atom stereocenters. The van der Waals surface area contributed by atoms with Crippen molar-refractivity contribution in [2.45, 2.75) is 12.5 Å². The highest BCUT2D eigenvalue weighted by atomic mass is 79.9. The second kappa shape index (κ2) is 7.67. The topological polar surface area (TPSA) is 78.4 Å². The SMILES string of the molecule is C#CCC(NC(=O)Nc1c(Br)cc(Br)cc1Br)C(=O)O. The maximum Gasteiger partial charge on any atom is 0.327 e. The van der Waals surface area contributed by atoms with Gasteiger partial charge in [-0.05, 0) is 44.0 Å². The number of nitrogens with one attached hydrogen (secondary N) is 2. The molecular formula is C12H9Br3N2O3. The molecule has 0 fully saturated rings. The molecule has 0 radical (unpaired) electrons. The molecule has 0 aliphatic rings. The number of terminal acetylenes is 1. The van der Waals surface area contributed by atoms with E-state index >= 15 is 0 Å². The van der Waals surface area contributed by atoms with Gasteiger partial charge in [0.05, 0.1) is 5.69 Å². The number of hydrogen-bond donors (Lipinski definition) is 3. The first kappa shape index (κ1) is 17.0. The molecule has 106 valence electrons. The monoisotopic (exact) mass is 466 g/mol. The molecule has 1 atom stereocenters. The lowest BCUT2D eigenvalue weighted by molar-refractivity contribution is -0.139. The second-order valence-corrected chi connectivity index (χ2v) is 6.27. The Morgan fingerprint density at radius 2 is 1.85 bits per heavy atom. The van der Waals surface area contributed by atoms with Gasteiger partial charge < -0.3 is 15.7 Å². The van der Waals surface area contributed by atoms with Crippen LogP contribution in [0.5, 0.6) is 0 Å². The predicted molar refractivity (Wildman–Crippen MR) is 86.6 cm³/mol. The van der Waals surface area contributed by atoms with Gasteiger partial charge in [0.2, 0.25) is 0 Å². The van der Waals surface area contributed by atoms with Crippen LogP contribution in [0.25, 0.3) is 0 Å². The maximum atomic E-state index is 11.8. The Labute approximate surface area is 140 Å². The Balaban J connectivity index is 2.81. The van der Waals surface area contributed by atoms with E-state index in [2.05, 4.69) is 64.3 Å². The molecular weight excluding hydrogens is 460 g/mol. The first-order chi connectivity index (χ1) is 9.35. The zero-order valence-electron chi connectivity index (χ0n) is 9.91. The van der Waals surface area contributed by atoms with Gasteiger partial charge in [-0.3, -0.25) is 0 Å². The number of carboxylic acid groups (broad SMARTS) is 1. The van der Waals surface area contributed by atoms with Crippen LogP contribution in [0, 0.1) is 12.3 Å². The normalized spacial score (nSPS) is 11.3. The summed E-state index contributed by atoms with van der Waals surface area (Å²) in [6.07, 6.45) is 4.96. The highest BCUT2D eigenvalue weighted by Gasteiger charge is 2.19. The molecule has 0 saturated heterocycles. The molecule has 2 amide bonds. The van der Waals surface area contributed by atoms with E-state index in [1.807, 2.05) is 0 Å². The summed E-state index contributed by atoms with van der Waals surface area (Å²) in [6, 6.07) is 1.71. The minimum atomic E-state index is -1.19. The van der Waals surface area contributed by atoms with Crippen LogP contribution in [0.1, 0.15) is 6.42 Å². The highest BCUT2D eigenvalue weighted by molar-refractivity contribution is 9.11. The Morgan fingerprint density at radius 1 is 1.30 bits per heavy atom. The van der Waals surface area contributed by atoms with E-state index in [1.165, 1.54) is 0 Å². The summed E-state index contributed by atoms with van der Waals surface area (Å²) in [5.41, 5.74) is 0.482. The first-order valence-electron chi connectivity index (χ1n) is 5.23. The Kier molecular flexibility index (Phi) is 6.52. The predicted octanol–water partition coefficient (Wildman–Crippen LogP) is 3.57. The number of halogens is 3. The number of hydrogen-bond acceptors (Lipinski definition) is 2. The van der Waals surface area contributed by atoms with Crippen molar-refractivity contribution in [3.63, 3.8) is 0 Å². The van der Waals surface area contributed by atoms with Crippen molar-refractivity contribution >= 4 is 65.5 Å². The largest absolute Gasteiger partial charge is 0.480 e. The zero-order chi connectivity index (χ0) is 15.3. The fourth-order valence-corrected chi connectivity index (χ4v) is 3.74. The van der Waals surface area contributed by atoms with Crippen molar-refractivity contribution in [3.05, 3.63) is 25.6 Å². The Morgan fingerprint density at radius 3 is 2.30 bits per heavy atom. The number of carbonyl (C=O) groups is 2. The van der Waals surface area contributed by atoms with Gasteiger partial charge in [0.25, 0.3) is 0 Å². The number of amides is 2. The number of anilines is 1. The number of carbonyl (C=O) groups excluding carboxylic acids is 1. The smallest absolute Gasteiger partial charge is 0.327 e. The molecule has 0 saturated carbocycles. The Hall–Kier alpha value is -1.04. The van der Waals surface area contributed by atoms with E-state index in [-0.39, 0.29) is 6.42 Å². The third-order valence-electron chi connectivity index (χ3n) is 2.17. The third kappa shape index (κ3) is 4.81. The van der Waals surface area contributed by atoms with Crippen LogP contribution in [-0.4, -0.2) is 23.1 Å². The summed E-state index contributed by atoms with van der Waals surface area (Å²) >= 11 is 9.91. The van der Waals surface area contributed by atoms with Gasteiger partial charge in [0.1, 0.15) is 6.04 Å². The molecule has 5 nitrogen and oxygen atoms in total. The van der Waals surface area contributed by atoms with Crippen molar-refractivity contribution in [1.82, 2.24) is 5.32 Å². The van der Waals surface area contributed by atoms with E-state index < -0.39 is 18.0 Å². The van der Waals surface area contributed by atoms with Crippen LogP contribution < -0.4 is 10.6 Å². The lowest BCUT2D eigenvalue weighted by Gasteiger charge is -2.14. The van der Waals surface area contributed by atoms with E-state index in [9.17, 15) is 9.59 Å². The average Bonchev–Trinajstić information content (AvgIpc) is 2.33. The standard InChI is InChI=1S/C12H9Br3N2O3/c1-2-3-9(11(18)19)16-12(20)17-10-7(14)4-6(13)5-8(10)15/h1,4-5,9H,3H2,(H,18,19)(H2,16,17,20). The molecule has 20 heavy (non-hydrogen) atoms. The van der Waals surface area contributed by atoms with Crippen LogP contribution in [-0.2, 0) is 4.79 Å². The van der Waals surface area contributed by atoms with Gasteiger partial charge in [-0.25, -0.2) is 9.59 Å². The first-order valence-corrected chi connectivity index (χ1v) is 7.61. The van der Waals surface area contributed by atoms with Gasteiger partial charge >= 0.3 is 12.0 Å². The molecule has 0 aliphatic carbocycles. The number of benzene rings is 1. The average molecular weight is 469 g/mol. The minimum Gasteiger partial charge on any atom is -0.480 e. The lowest BCUT2D eigenvalue weighted by atomic mass is 10.2. The molecule has 1 aromatic carbocycles. The summed E-state index contributed by atoms with van der Waals surface area (Å²) in [6.45, 7) is 0. The van der Waals surface area contributed by atoms with Crippen LogP contribution in [0.3, 0.4) is 0 Å². The van der Waals surface area contributed by atoms with Crippen LogP contribution in [0.2, 0.25) is 0 Å². The van der Waals surface area contributed by atoms with E-state index in [0.29, 0.717) is 14.6 Å². The highest BCUT2D eigenvalue weighted by Crippen LogP contribution is 2.34. The van der Waals surface area contributed by atoms with Crippen molar-refractivity contribution in [2.24, 2.45) is 0 Å². The second-order valence-electron chi connectivity index (χ2n) is 3.64. The van der Waals surface area contributed by atoms with Gasteiger partial charge in [-0.2, -0.15) is 0 Å². The van der Waals surface area contributed by atoms with Gasteiger partial charge in [0, 0.05) is 19.8 Å². The molecule has 0 heterocycles. The van der Waals surface area contributed by atoms with Crippen molar-refractivity contribution in [2.75, 3.05) is 5.32 Å². The van der Waals surface area contributed by atoms with Crippen LogP contribution in [0.4, 0.5) is 10.5 Å². The number of aliphatic carboxylic acids is 1. The van der Waals surface area contributed by atoms with Crippen molar-refractivity contribution < 1.29 is 14.7 Å². The minimum absolute atomic E-state index is 0.0918. The summed E-state index contributed by atoms with van der Waals surface area (Å²) in [5, 5.41) is 13.7. The molecule has 8 heteroatoms. The summed E-state index contributed by atoms with van der Waals surface area (Å²) in [4.78, 5) is 22.7. The summed E-state index contributed by atoms with van der Waals surface area (Å²) < 4.78 is 2.09. The van der Waals surface area contributed by atoms with E-state index in [0.717, 1.165) is 4.47 Å². The van der Waals surface area contributed by atoms with Gasteiger partial charge in [-0.1, -0.05) is 15.9 Å². The molecule has 0 aliphatic heterocycles. The van der Waals surface area contributed by atoms with Crippen molar-refractivity contribution in [3.8, 4) is 12.3 Å². The van der Waals surface area contributed by atoms with E-state index in [4.69, 9.17) is 11.5 Å². The molecule has 0 spiro atoms. The molecule has 0 aromatic heterocycles. The van der Waals surface area contributed by atoms with Crippen LogP contribution >= 0.6 is 47.8 Å². The number of rotatable bonds is 4. The van der Waals surface area contributed by atoms with Crippen molar-refractivity contribution in [1.29, 1.82) is 0 Å². The number of carboxylic acids is 1. The molecule has 1 rings (SSSR count). The van der Waals surface area contributed by atoms with Gasteiger partial charge in [-0.15, -0.1) is 12.3 Å². The molecule has 3 N–H and O–H groups in total. The summed E-state index contributed by atoms with van der Waals surface area (Å²) in [7, 11) is 0. The quantitative estimate of drug-likeness (QED) is 0.591. The fourth-order valence-electron chi connectivity index (χ4n) is 1.29. The molecule has 0 bridgehead atoms. The van der Waals surface area contributed by atoms with Crippen LogP contribution in [0.15, 0.2) is 25.6 Å². The summed E-state index contributed by atoms with van der Waals surface area (Å²) in [5.74, 6) is 1.01.